The number of hydrogen-bond donors (Lipinski definition) is 0. The maximum atomic E-state index is 11.3. The van der Waals surface area contributed by atoms with E-state index in [2.05, 4.69) is 4.90 Å². The quantitative estimate of drug-likeness (QED) is 0.740. The van der Waals surface area contributed by atoms with E-state index < -0.39 is 0 Å². The molecule has 2 rings (SSSR count). The molecule has 0 unspecified atom stereocenters. The number of halogens is 1. The fourth-order valence-corrected chi connectivity index (χ4v) is 2.07. The molecule has 0 aliphatic carbocycles. The van der Waals surface area contributed by atoms with Gasteiger partial charge in [0.1, 0.15) is 0 Å². The van der Waals surface area contributed by atoms with Crippen LogP contribution in [0.1, 0.15) is 25.7 Å². The van der Waals surface area contributed by atoms with Gasteiger partial charge in [0.05, 0.1) is 0 Å². The van der Waals surface area contributed by atoms with Gasteiger partial charge >= 0.3 is 0 Å². The Morgan fingerprint density at radius 3 is 2.40 bits per heavy atom. The van der Waals surface area contributed by atoms with Gasteiger partial charge in [-0.05, 0) is 24.4 Å². The van der Waals surface area contributed by atoms with Crippen molar-refractivity contribution >= 4 is 17.5 Å². The predicted molar refractivity (Wildman–Crippen MR) is 60.7 cm³/mol. The second-order valence-electron chi connectivity index (χ2n) is 3.84. The van der Waals surface area contributed by atoms with E-state index in [0.29, 0.717) is 5.88 Å². The second-order valence-corrected chi connectivity index (χ2v) is 4.21. The van der Waals surface area contributed by atoms with Crippen LogP contribution in [0.25, 0.3) is 0 Å². The van der Waals surface area contributed by atoms with E-state index in [1.807, 2.05) is 0 Å². The molecule has 0 spiro atoms. The van der Waals surface area contributed by atoms with Crippen LogP contribution in [0.5, 0.6) is 0 Å². The van der Waals surface area contributed by atoms with E-state index >= 15 is 0 Å². The minimum absolute atomic E-state index is 0.0921. The van der Waals surface area contributed by atoms with Gasteiger partial charge in [-0.3, -0.25) is 4.79 Å². The van der Waals surface area contributed by atoms with Crippen LogP contribution in [0.2, 0.25) is 5.22 Å². The molecular formula is C11H14ClNO2. The number of hydrogen-bond acceptors (Lipinski definition) is 3. The van der Waals surface area contributed by atoms with Crippen molar-refractivity contribution in [2.24, 2.45) is 0 Å². The van der Waals surface area contributed by atoms with Gasteiger partial charge in [-0.25, -0.2) is 0 Å². The smallest absolute Gasteiger partial charge is 0.201 e. The Labute approximate surface area is 93.6 Å². The summed E-state index contributed by atoms with van der Waals surface area (Å²) in [6.07, 6.45) is 4.80. The summed E-state index contributed by atoms with van der Waals surface area (Å²) in [4.78, 5) is 13.4. The Hall–Kier alpha value is -0.960. The third kappa shape index (κ3) is 2.75. The van der Waals surface area contributed by atoms with Gasteiger partial charge in [-0.2, -0.15) is 0 Å². The van der Waals surface area contributed by atoms with Crippen molar-refractivity contribution in [2.45, 2.75) is 25.7 Å². The van der Waals surface area contributed by atoms with Gasteiger partial charge in [0, 0.05) is 25.2 Å². The molecule has 82 valence electrons. The Kier molecular flexibility index (Phi) is 3.31. The zero-order chi connectivity index (χ0) is 10.7. The molecule has 0 bridgehead atoms. The highest BCUT2D eigenvalue weighted by Gasteiger charge is 2.12. The van der Waals surface area contributed by atoms with Crippen LogP contribution in [-0.2, 0) is 0 Å². The maximum absolute atomic E-state index is 11.3. The second kappa shape index (κ2) is 4.71. The molecule has 0 aromatic carbocycles. The molecule has 1 aliphatic heterocycles. The van der Waals surface area contributed by atoms with Crippen molar-refractivity contribution in [3.05, 3.63) is 27.6 Å². The lowest BCUT2D eigenvalue weighted by atomic mass is 10.2. The highest BCUT2D eigenvalue weighted by atomic mass is 35.5. The van der Waals surface area contributed by atoms with E-state index in [9.17, 15) is 4.79 Å². The summed E-state index contributed by atoms with van der Waals surface area (Å²) in [6, 6.07) is 2.81. The highest BCUT2D eigenvalue weighted by molar-refractivity contribution is 6.28. The van der Waals surface area contributed by atoms with Crippen molar-refractivity contribution in [1.82, 2.24) is 0 Å². The SMILES string of the molecule is O=c1cc(Cl)oc(N2CCCCCC2)c1. The van der Waals surface area contributed by atoms with E-state index in [-0.39, 0.29) is 10.6 Å². The summed E-state index contributed by atoms with van der Waals surface area (Å²) in [5.74, 6) is 0.606. The molecule has 3 nitrogen and oxygen atoms in total. The summed E-state index contributed by atoms with van der Waals surface area (Å²) in [5, 5.41) is 0.168. The lowest BCUT2D eigenvalue weighted by Gasteiger charge is -2.20. The van der Waals surface area contributed by atoms with Crippen LogP contribution in [0.3, 0.4) is 0 Å². The highest BCUT2D eigenvalue weighted by Crippen LogP contribution is 2.20. The van der Waals surface area contributed by atoms with Crippen LogP contribution >= 0.6 is 11.6 Å². The maximum Gasteiger partial charge on any atom is 0.201 e. The zero-order valence-electron chi connectivity index (χ0n) is 8.54. The van der Waals surface area contributed by atoms with Crippen molar-refractivity contribution in [3.63, 3.8) is 0 Å². The van der Waals surface area contributed by atoms with Crippen LogP contribution in [-0.4, -0.2) is 13.1 Å². The van der Waals surface area contributed by atoms with E-state index in [0.717, 1.165) is 25.9 Å². The standard InChI is InChI=1S/C11H14ClNO2/c12-10-7-9(14)8-11(15-10)13-5-3-1-2-4-6-13/h7-8H,1-6H2. The monoisotopic (exact) mass is 227 g/mol. The molecule has 1 aliphatic rings. The summed E-state index contributed by atoms with van der Waals surface area (Å²) >= 11 is 5.72. The molecule has 2 heterocycles. The molecule has 1 aromatic rings. The zero-order valence-corrected chi connectivity index (χ0v) is 9.29. The van der Waals surface area contributed by atoms with E-state index in [1.54, 1.807) is 0 Å². The summed E-state index contributed by atoms with van der Waals surface area (Å²) in [6.45, 7) is 1.90. The Morgan fingerprint density at radius 1 is 1.13 bits per heavy atom. The number of nitrogens with zero attached hydrogens (tertiary/aromatic N) is 1. The molecule has 0 saturated carbocycles. The Morgan fingerprint density at radius 2 is 1.80 bits per heavy atom. The van der Waals surface area contributed by atoms with E-state index in [4.69, 9.17) is 16.0 Å². The first-order valence-electron chi connectivity index (χ1n) is 5.31. The topological polar surface area (TPSA) is 33.5 Å². The largest absolute Gasteiger partial charge is 0.429 e. The molecule has 1 saturated heterocycles. The molecule has 0 amide bonds. The van der Waals surface area contributed by atoms with Crippen molar-refractivity contribution < 1.29 is 4.42 Å². The molecule has 1 aromatic heterocycles. The van der Waals surface area contributed by atoms with Crippen LogP contribution in [0.15, 0.2) is 21.3 Å². The summed E-state index contributed by atoms with van der Waals surface area (Å²) < 4.78 is 5.34. The lowest BCUT2D eigenvalue weighted by molar-refractivity contribution is 0.529. The predicted octanol–water partition coefficient (Wildman–Crippen LogP) is 2.67. The first kappa shape index (κ1) is 10.6. The van der Waals surface area contributed by atoms with E-state index in [1.165, 1.54) is 25.0 Å². The van der Waals surface area contributed by atoms with Gasteiger partial charge in [-0.1, -0.05) is 12.8 Å². The fraction of sp³-hybridized carbons (Fsp3) is 0.545. The lowest BCUT2D eigenvalue weighted by Crippen LogP contribution is -2.24. The molecule has 4 heteroatoms. The number of anilines is 1. The minimum atomic E-state index is -0.0921. The molecular weight excluding hydrogens is 214 g/mol. The third-order valence-electron chi connectivity index (χ3n) is 2.64. The first-order chi connectivity index (χ1) is 7.25. The third-order valence-corrected chi connectivity index (χ3v) is 2.83. The van der Waals surface area contributed by atoms with Gasteiger partial charge in [0.2, 0.25) is 5.88 Å². The molecule has 0 radical (unpaired) electrons. The fourth-order valence-electron chi connectivity index (χ4n) is 1.88. The first-order valence-corrected chi connectivity index (χ1v) is 5.69. The Bertz CT molecular complexity index is 380. The minimum Gasteiger partial charge on any atom is -0.429 e. The van der Waals surface area contributed by atoms with Crippen LogP contribution < -0.4 is 10.3 Å². The van der Waals surface area contributed by atoms with Gasteiger partial charge in [-0.15, -0.1) is 0 Å². The van der Waals surface area contributed by atoms with Crippen LogP contribution in [0.4, 0.5) is 5.88 Å². The number of rotatable bonds is 1. The molecule has 15 heavy (non-hydrogen) atoms. The van der Waals surface area contributed by atoms with Crippen molar-refractivity contribution in [1.29, 1.82) is 0 Å². The summed E-state index contributed by atoms with van der Waals surface area (Å²) in [7, 11) is 0. The van der Waals surface area contributed by atoms with Gasteiger partial charge < -0.3 is 9.32 Å². The molecule has 0 N–H and O–H groups in total. The molecule has 1 fully saturated rings. The average Bonchev–Trinajstić information content (AvgIpc) is 2.43. The van der Waals surface area contributed by atoms with Crippen molar-refractivity contribution in [3.8, 4) is 0 Å². The molecule has 0 atom stereocenters. The normalized spacial score (nSPS) is 17.5. The summed E-state index contributed by atoms with van der Waals surface area (Å²) in [5.41, 5.74) is -0.0921. The van der Waals surface area contributed by atoms with Gasteiger partial charge in [0.15, 0.2) is 10.6 Å². The Balaban J connectivity index is 2.23. The average molecular weight is 228 g/mol. The van der Waals surface area contributed by atoms with Crippen LogP contribution in [0, 0.1) is 0 Å². The van der Waals surface area contributed by atoms with Crippen molar-refractivity contribution in [2.75, 3.05) is 18.0 Å². The van der Waals surface area contributed by atoms with Gasteiger partial charge in [0.25, 0.3) is 0 Å².